The van der Waals surface area contributed by atoms with Gasteiger partial charge in [-0.3, -0.25) is 5.10 Å². The molecule has 0 bridgehead atoms. The maximum Gasteiger partial charge on any atom is 0.150 e. The fourth-order valence-electron chi connectivity index (χ4n) is 2.03. The molecule has 3 rings (SSSR count). The van der Waals surface area contributed by atoms with Crippen molar-refractivity contribution >= 4 is 28.7 Å². The molecule has 0 spiro atoms. The van der Waals surface area contributed by atoms with Gasteiger partial charge in [-0.05, 0) is 35.9 Å². The zero-order chi connectivity index (χ0) is 14.1. The van der Waals surface area contributed by atoms with Crippen LogP contribution in [0.2, 0.25) is 0 Å². The molecule has 20 heavy (non-hydrogen) atoms. The Kier molecular flexibility index (Phi) is 2.95. The molecule has 0 amide bonds. The number of halogens is 2. The minimum Gasteiger partial charge on any atom is -0.399 e. The van der Waals surface area contributed by atoms with Crippen LogP contribution in [0.15, 0.2) is 36.4 Å². The molecule has 0 atom stereocenters. The van der Waals surface area contributed by atoms with Crippen molar-refractivity contribution in [3.63, 3.8) is 0 Å². The van der Waals surface area contributed by atoms with E-state index in [1.165, 1.54) is 18.2 Å². The molecular formula is C15H11F2N3. The topological polar surface area (TPSA) is 54.7 Å². The lowest BCUT2D eigenvalue weighted by molar-refractivity contribution is 0.627. The van der Waals surface area contributed by atoms with Gasteiger partial charge in [0.25, 0.3) is 0 Å². The Morgan fingerprint density at radius 1 is 1.10 bits per heavy atom. The van der Waals surface area contributed by atoms with Gasteiger partial charge in [-0.1, -0.05) is 18.2 Å². The summed E-state index contributed by atoms with van der Waals surface area (Å²) in [5, 5.41) is 7.25. The van der Waals surface area contributed by atoms with Crippen molar-refractivity contribution < 1.29 is 8.78 Å². The number of aromatic amines is 1. The van der Waals surface area contributed by atoms with Gasteiger partial charge in [0.2, 0.25) is 0 Å². The van der Waals surface area contributed by atoms with Crippen LogP contribution in [0.4, 0.5) is 14.5 Å². The Morgan fingerprint density at radius 2 is 1.95 bits per heavy atom. The molecule has 0 aliphatic heterocycles. The molecule has 1 heterocycles. The molecule has 1 aromatic heterocycles. The van der Waals surface area contributed by atoms with Crippen LogP contribution >= 0.6 is 0 Å². The first-order chi connectivity index (χ1) is 9.63. The highest BCUT2D eigenvalue weighted by Gasteiger charge is 2.08. The Balaban J connectivity index is 2.03. The Hall–Kier alpha value is -2.69. The number of H-pyrrole nitrogens is 1. The molecule has 0 saturated carbocycles. The Morgan fingerprint density at radius 3 is 2.75 bits per heavy atom. The van der Waals surface area contributed by atoms with Crippen molar-refractivity contribution in [1.29, 1.82) is 0 Å². The van der Waals surface area contributed by atoms with Gasteiger partial charge in [-0.15, -0.1) is 0 Å². The molecular weight excluding hydrogens is 260 g/mol. The average Bonchev–Trinajstić information content (AvgIpc) is 2.80. The largest absolute Gasteiger partial charge is 0.399 e. The predicted molar refractivity (Wildman–Crippen MR) is 75.8 cm³/mol. The number of hydrogen-bond donors (Lipinski definition) is 2. The van der Waals surface area contributed by atoms with Gasteiger partial charge in [0.05, 0.1) is 5.69 Å². The fourth-order valence-corrected chi connectivity index (χ4v) is 2.03. The number of anilines is 1. The van der Waals surface area contributed by atoms with Crippen LogP contribution in [-0.4, -0.2) is 10.2 Å². The third-order valence-corrected chi connectivity index (χ3v) is 2.96. The SMILES string of the molecule is Nc1cc(F)c2[nH]nc(C=Cc3cccc(F)c3)c2c1. The first-order valence-electron chi connectivity index (χ1n) is 6.00. The van der Waals surface area contributed by atoms with Crippen LogP contribution in [0.5, 0.6) is 0 Å². The normalized spacial score (nSPS) is 11.5. The van der Waals surface area contributed by atoms with E-state index in [-0.39, 0.29) is 5.82 Å². The lowest BCUT2D eigenvalue weighted by Gasteiger charge is -1.96. The number of nitrogens with two attached hydrogens (primary N) is 1. The standard InChI is InChI=1S/C15H11F2N3/c16-10-3-1-2-9(6-10)4-5-14-12-7-11(18)8-13(17)15(12)20-19-14/h1-8H,18H2,(H,19,20). The lowest BCUT2D eigenvalue weighted by Crippen LogP contribution is -1.87. The summed E-state index contributed by atoms with van der Waals surface area (Å²) in [6.07, 6.45) is 3.40. The summed E-state index contributed by atoms with van der Waals surface area (Å²) in [6.45, 7) is 0. The fraction of sp³-hybridized carbons (Fsp3) is 0. The van der Waals surface area contributed by atoms with E-state index in [2.05, 4.69) is 10.2 Å². The summed E-state index contributed by atoms with van der Waals surface area (Å²) in [7, 11) is 0. The molecule has 0 aliphatic carbocycles. The van der Waals surface area contributed by atoms with Crippen molar-refractivity contribution in [2.75, 3.05) is 5.73 Å². The molecule has 0 radical (unpaired) electrons. The number of benzene rings is 2. The van der Waals surface area contributed by atoms with Gasteiger partial charge in [0, 0.05) is 11.1 Å². The summed E-state index contributed by atoms with van der Waals surface area (Å²) < 4.78 is 26.7. The minimum atomic E-state index is -0.446. The van der Waals surface area contributed by atoms with E-state index < -0.39 is 5.82 Å². The third kappa shape index (κ3) is 2.25. The second-order valence-electron chi connectivity index (χ2n) is 4.42. The van der Waals surface area contributed by atoms with Gasteiger partial charge >= 0.3 is 0 Å². The molecule has 5 heteroatoms. The predicted octanol–water partition coefficient (Wildman–Crippen LogP) is 3.59. The monoisotopic (exact) mass is 271 g/mol. The molecule has 2 aromatic carbocycles. The van der Waals surface area contributed by atoms with Crippen molar-refractivity contribution in [2.45, 2.75) is 0 Å². The van der Waals surface area contributed by atoms with Crippen molar-refractivity contribution in [3.05, 3.63) is 59.3 Å². The molecule has 3 N–H and O–H groups in total. The number of hydrogen-bond acceptors (Lipinski definition) is 2. The van der Waals surface area contributed by atoms with Gasteiger partial charge in [0.15, 0.2) is 5.82 Å². The van der Waals surface area contributed by atoms with E-state index in [1.54, 1.807) is 30.4 Å². The third-order valence-electron chi connectivity index (χ3n) is 2.96. The molecule has 0 fully saturated rings. The van der Waals surface area contributed by atoms with Gasteiger partial charge in [-0.25, -0.2) is 8.78 Å². The molecule has 3 nitrogen and oxygen atoms in total. The first kappa shape index (κ1) is 12.3. The lowest BCUT2D eigenvalue weighted by atomic mass is 10.1. The zero-order valence-corrected chi connectivity index (χ0v) is 10.4. The van der Waals surface area contributed by atoms with Crippen LogP contribution in [-0.2, 0) is 0 Å². The number of nitrogen functional groups attached to an aromatic ring is 1. The zero-order valence-electron chi connectivity index (χ0n) is 10.4. The van der Waals surface area contributed by atoms with Gasteiger partial charge in [-0.2, -0.15) is 5.10 Å². The number of nitrogens with zero attached hydrogens (tertiary/aromatic N) is 1. The van der Waals surface area contributed by atoms with Crippen LogP contribution in [0.1, 0.15) is 11.3 Å². The average molecular weight is 271 g/mol. The Bertz CT molecular complexity index is 806. The maximum absolute atomic E-state index is 13.7. The molecule has 100 valence electrons. The smallest absolute Gasteiger partial charge is 0.150 e. The molecule has 0 unspecified atom stereocenters. The molecule has 0 saturated heterocycles. The van der Waals surface area contributed by atoms with E-state index >= 15 is 0 Å². The van der Waals surface area contributed by atoms with Gasteiger partial charge in [0.1, 0.15) is 11.3 Å². The van der Waals surface area contributed by atoms with Crippen molar-refractivity contribution in [1.82, 2.24) is 10.2 Å². The second-order valence-corrected chi connectivity index (χ2v) is 4.42. The number of nitrogens with one attached hydrogen (secondary N) is 1. The quantitative estimate of drug-likeness (QED) is 0.700. The van der Waals surface area contributed by atoms with E-state index in [0.717, 1.165) is 0 Å². The van der Waals surface area contributed by atoms with Crippen molar-refractivity contribution in [3.8, 4) is 0 Å². The molecule has 3 aromatic rings. The van der Waals surface area contributed by atoms with E-state index in [4.69, 9.17) is 5.73 Å². The van der Waals surface area contributed by atoms with E-state index in [0.29, 0.717) is 27.8 Å². The van der Waals surface area contributed by atoms with Gasteiger partial charge < -0.3 is 5.73 Å². The van der Waals surface area contributed by atoms with Crippen LogP contribution in [0.25, 0.3) is 23.1 Å². The summed E-state index contributed by atoms with van der Waals surface area (Å²) in [5.41, 5.74) is 7.51. The first-order valence-corrected chi connectivity index (χ1v) is 6.00. The second kappa shape index (κ2) is 4.77. The molecule has 0 aliphatic rings. The van der Waals surface area contributed by atoms with E-state index in [1.807, 2.05) is 0 Å². The number of rotatable bonds is 2. The number of fused-ring (bicyclic) bond motifs is 1. The summed E-state index contributed by atoms with van der Waals surface area (Å²) in [4.78, 5) is 0. The van der Waals surface area contributed by atoms with Crippen LogP contribution in [0.3, 0.4) is 0 Å². The Labute approximate surface area is 113 Å². The highest BCUT2D eigenvalue weighted by atomic mass is 19.1. The maximum atomic E-state index is 13.7. The highest BCUT2D eigenvalue weighted by molar-refractivity contribution is 5.91. The summed E-state index contributed by atoms with van der Waals surface area (Å²) in [6, 6.07) is 9.05. The summed E-state index contributed by atoms with van der Waals surface area (Å²) in [5.74, 6) is -0.757. The summed E-state index contributed by atoms with van der Waals surface area (Å²) >= 11 is 0. The van der Waals surface area contributed by atoms with Crippen molar-refractivity contribution in [2.24, 2.45) is 0 Å². The van der Waals surface area contributed by atoms with Crippen LogP contribution < -0.4 is 5.73 Å². The highest BCUT2D eigenvalue weighted by Crippen LogP contribution is 2.23. The minimum absolute atomic E-state index is 0.304. The van der Waals surface area contributed by atoms with Crippen LogP contribution in [0, 0.1) is 11.6 Å². The number of aromatic nitrogens is 2. The van der Waals surface area contributed by atoms with E-state index in [9.17, 15) is 8.78 Å².